The van der Waals surface area contributed by atoms with E-state index in [1.165, 1.54) is 6.92 Å². The summed E-state index contributed by atoms with van der Waals surface area (Å²) in [5.41, 5.74) is 1.70. The zero-order valence-corrected chi connectivity index (χ0v) is 10.2. The first kappa shape index (κ1) is 11.3. The molecule has 86 valence electrons. The van der Waals surface area contributed by atoms with Crippen LogP contribution in [0.15, 0.2) is 23.1 Å². The summed E-state index contributed by atoms with van der Waals surface area (Å²) < 4.78 is 23.9. The van der Waals surface area contributed by atoms with Crippen LogP contribution in [0.3, 0.4) is 0 Å². The third-order valence-electron chi connectivity index (χ3n) is 3.00. The summed E-state index contributed by atoms with van der Waals surface area (Å²) in [5.74, 6) is 0.0605. The first-order valence-corrected chi connectivity index (χ1v) is 6.81. The first-order valence-electron chi connectivity index (χ1n) is 5.27. The Balaban J connectivity index is 2.57. The fraction of sp³-hybridized carbons (Fsp3) is 0.417. The van der Waals surface area contributed by atoms with E-state index in [-0.39, 0.29) is 11.0 Å². The van der Waals surface area contributed by atoms with Crippen molar-refractivity contribution in [2.45, 2.75) is 36.8 Å². The summed E-state index contributed by atoms with van der Waals surface area (Å²) in [6.07, 6.45) is 0.854. The molecule has 1 unspecified atom stereocenters. The highest BCUT2D eigenvalue weighted by Crippen LogP contribution is 2.33. The van der Waals surface area contributed by atoms with Gasteiger partial charge in [-0.25, -0.2) is 8.42 Å². The van der Waals surface area contributed by atoms with E-state index in [1.54, 1.807) is 19.1 Å². The molecule has 3 nitrogen and oxygen atoms in total. The Kier molecular flexibility index (Phi) is 2.62. The van der Waals surface area contributed by atoms with Gasteiger partial charge in [0, 0.05) is 6.42 Å². The lowest BCUT2D eigenvalue weighted by atomic mass is 9.99. The monoisotopic (exact) mass is 238 g/mol. The molecule has 16 heavy (non-hydrogen) atoms. The topological polar surface area (TPSA) is 51.2 Å². The second-order valence-electron chi connectivity index (χ2n) is 4.33. The highest BCUT2D eigenvalue weighted by atomic mass is 32.2. The second-order valence-corrected chi connectivity index (χ2v) is 6.67. The summed E-state index contributed by atoms with van der Waals surface area (Å²) >= 11 is 0. The van der Waals surface area contributed by atoms with E-state index in [9.17, 15) is 13.2 Å². The van der Waals surface area contributed by atoms with Crippen LogP contribution in [-0.4, -0.2) is 19.5 Å². The van der Waals surface area contributed by atoms with Gasteiger partial charge in [0.05, 0.1) is 10.1 Å². The van der Waals surface area contributed by atoms with Crippen molar-refractivity contribution in [3.8, 4) is 0 Å². The van der Waals surface area contributed by atoms with E-state index in [4.69, 9.17) is 0 Å². The van der Waals surface area contributed by atoms with Crippen molar-refractivity contribution in [2.75, 3.05) is 0 Å². The smallest absolute Gasteiger partial charge is 0.181 e. The van der Waals surface area contributed by atoms with Crippen LogP contribution in [0.5, 0.6) is 0 Å². The summed E-state index contributed by atoms with van der Waals surface area (Å²) in [6, 6.07) is 5.19. The third kappa shape index (κ3) is 1.67. The molecule has 0 aliphatic carbocycles. The number of ketones is 1. The minimum atomic E-state index is -3.15. The standard InChI is InChI=1S/C12H14O3S/c1-8(13)6-10-4-3-5-12-11(10)7-9(2)16(12,14)15/h3-5,9H,6-7H2,1-2H3. The van der Waals surface area contributed by atoms with E-state index in [0.717, 1.165) is 11.1 Å². The molecule has 0 saturated carbocycles. The van der Waals surface area contributed by atoms with Crippen molar-refractivity contribution >= 4 is 15.6 Å². The number of hydrogen-bond donors (Lipinski definition) is 0. The Labute approximate surface area is 95.4 Å². The molecule has 0 fully saturated rings. The lowest BCUT2D eigenvalue weighted by Gasteiger charge is -2.04. The van der Waals surface area contributed by atoms with Gasteiger partial charge in [-0.1, -0.05) is 12.1 Å². The number of benzene rings is 1. The SMILES string of the molecule is CC(=O)Cc1cccc2c1CC(C)S2(=O)=O. The van der Waals surface area contributed by atoms with Crippen LogP contribution in [0.1, 0.15) is 25.0 Å². The highest BCUT2D eigenvalue weighted by Gasteiger charge is 2.34. The maximum Gasteiger partial charge on any atom is 0.181 e. The quantitative estimate of drug-likeness (QED) is 0.785. The number of carbonyl (C=O) groups excluding carboxylic acids is 1. The van der Waals surface area contributed by atoms with Gasteiger partial charge in [0.15, 0.2) is 9.84 Å². The molecular formula is C12H14O3S. The summed E-state index contributed by atoms with van der Waals surface area (Å²) in [7, 11) is -3.15. The van der Waals surface area contributed by atoms with Gasteiger partial charge in [0.2, 0.25) is 0 Å². The van der Waals surface area contributed by atoms with Gasteiger partial charge in [-0.15, -0.1) is 0 Å². The van der Waals surface area contributed by atoms with Crippen LogP contribution in [0, 0.1) is 0 Å². The molecule has 1 aromatic rings. The van der Waals surface area contributed by atoms with Crippen LogP contribution in [-0.2, 0) is 27.5 Å². The Bertz CT molecular complexity index is 543. The molecule has 1 atom stereocenters. The predicted molar refractivity (Wildman–Crippen MR) is 61.2 cm³/mol. The van der Waals surface area contributed by atoms with Gasteiger partial charge >= 0.3 is 0 Å². The Hall–Kier alpha value is -1.16. The van der Waals surface area contributed by atoms with Gasteiger partial charge in [0.25, 0.3) is 0 Å². The predicted octanol–water partition coefficient (Wildman–Crippen LogP) is 1.54. The van der Waals surface area contributed by atoms with Crippen molar-refractivity contribution in [1.29, 1.82) is 0 Å². The first-order chi connectivity index (χ1) is 7.43. The number of rotatable bonds is 2. The minimum absolute atomic E-state index is 0.0605. The van der Waals surface area contributed by atoms with Crippen molar-refractivity contribution in [3.05, 3.63) is 29.3 Å². The maximum atomic E-state index is 11.9. The molecule has 4 heteroatoms. The van der Waals surface area contributed by atoms with E-state index in [0.29, 0.717) is 17.7 Å². The van der Waals surface area contributed by atoms with Crippen molar-refractivity contribution < 1.29 is 13.2 Å². The average molecular weight is 238 g/mol. The fourth-order valence-electron chi connectivity index (χ4n) is 2.16. The third-order valence-corrected chi connectivity index (χ3v) is 5.22. The maximum absolute atomic E-state index is 11.9. The lowest BCUT2D eigenvalue weighted by molar-refractivity contribution is -0.116. The molecule has 0 bridgehead atoms. The number of sulfone groups is 1. The highest BCUT2D eigenvalue weighted by molar-refractivity contribution is 7.92. The molecule has 0 aromatic heterocycles. The molecule has 1 heterocycles. The van der Waals surface area contributed by atoms with Crippen LogP contribution in [0.25, 0.3) is 0 Å². The molecule has 1 aromatic carbocycles. The van der Waals surface area contributed by atoms with E-state index >= 15 is 0 Å². The summed E-state index contributed by atoms with van der Waals surface area (Å²) in [6.45, 7) is 3.24. The van der Waals surface area contributed by atoms with Crippen LogP contribution < -0.4 is 0 Å². The number of fused-ring (bicyclic) bond motifs is 1. The van der Waals surface area contributed by atoms with Crippen molar-refractivity contribution in [2.24, 2.45) is 0 Å². The zero-order chi connectivity index (χ0) is 11.9. The van der Waals surface area contributed by atoms with E-state index < -0.39 is 9.84 Å². The zero-order valence-electron chi connectivity index (χ0n) is 9.36. The molecule has 0 saturated heterocycles. The largest absolute Gasteiger partial charge is 0.300 e. The summed E-state index contributed by atoms with van der Waals surface area (Å²) in [5, 5.41) is -0.365. The molecular weight excluding hydrogens is 224 g/mol. The minimum Gasteiger partial charge on any atom is -0.300 e. The summed E-state index contributed by atoms with van der Waals surface area (Å²) in [4.78, 5) is 11.5. The average Bonchev–Trinajstić information content (AvgIpc) is 2.40. The normalized spacial score (nSPS) is 21.8. The van der Waals surface area contributed by atoms with Gasteiger partial charge in [-0.2, -0.15) is 0 Å². The van der Waals surface area contributed by atoms with Crippen LogP contribution in [0.2, 0.25) is 0 Å². The van der Waals surface area contributed by atoms with Gasteiger partial charge in [-0.05, 0) is 37.5 Å². The van der Waals surface area contributed by atoms with Gasteiger partial charge in [-0.3, -0.25) is 4.79 Å². The molecule has 2 rings (SSSR count). The van der Waals surface area contributed by atoms with Crippen molar-refractivity contribution in [1.82, 2.24) is 0 Å². The number of carbonyl (C=O) groups is 1. The molecule has 0 N–H and O–H groups in total. The molecule has 0 amide bonds. The van der Waals surface area contributed by atoms with Crippen molar-refractivity contribution in [3.63, 3.8) is 0 Å². The number of hydrogen-bond acceptors (Lipinski definition) is 3. The number of Topliss-reactive ketones (excluding diaryl/α,β-unsaturated/α-hetero) is 1. The lowest BCUT2D eigenvalue weighted by Crippen LogP contribution is -2.11. The molecule has 0 radical (unpaired) electrons. The fourth-order valence-corrected chi connectivity index (χ4v) is 3.80. The van der Waals surface area contributed by atoms with Crippen LogP contribution in [0.4, 0.5) is 0 Å². The van der Waals surface area contributed by atoms with Gasteiger partial charge in [0.1, 0.15) is 5.78 Å². The Morgan fingerprint density at radius 3 is 2.75 bits per heavy atom. The molecule has 1 aliphatic rings. The Morgan fingerprint density at radius 2 is 2.12 bits per heavy atom. The van der Waals surface area contributed by atoms with Crippen LogP contribution >= 0.6 is 0 Å². The molecule has 1 aliphatic heterocycles. The van der Waals surface area contributed by atoms with E-state index in [1.807, 2.05) is 6.07 Å². The van der Waals surface area contributed by atoms with Gasteiger partial charge < -0.3 is 0 Å². The second kappa shape index (κ2) is 3.70. The Morgan fingerprint density at radius 1 is 1.44 bits per heavy atom. The van der Waals surface area contributed by atoms with E-state index in [2.05, 4.69) is 0 Å². The molecule has 0 spiro atoms.